The van der Waals surface area contributed by atoms with E-state index in [4.69, 9.17) is 11.6 Å². The minimum absolute atomic E-state index is 0.0180. The van der Waals surface area contributed by atoms with Crippen molar-refractivity contribution in [3.8, 4) is 0 Å². The van der Waals surface area contributed by atoms with Crippen LogP contribution in [0.5, 0.6) is 0 Å². The Morgan fingerprint density at radius 1 is 1.17 bits per heavy atom. The molecule has 1 amide bonds. The summed E-state index contributed by atoms with van der Waals surface area (Å²) in [5, 5.41) is 7.06. The molecule has 1 aromatic carbocycles. The molecule has 2 aromatic rings. The van der Waals surface area contributed by atoms with Gasteiger partial charge in [-0.1, -0.05) is 17.7 Å². The average molecular weight is 442 g/mol. The zero-order valence-electron chi connectivity index (χ0n) is 16.3. The van der Waals surface area contributed by atoms with Gasteiger partial charge in [0.1, 0.15) is 5.69 Å². The Morgan fingerprint density at radius 3 is 2.53 bits per heavy atom. The molecule has 2 heterocycles. The topological polar surface area (TPSA) is 53.4 Å². The molecule has 1 N–H and O–H groups in total. The molecule has 162 valence electrons. The zero-order chi connectivity index (χ0) is 21.3. The van der Waals surface area contributed by atoms with Gasteiger partial charge in [0.25, 0.3) is 5.91 Å². The van der Waals surface area contributed by atoms with E-state index < -0.39 is 17.8 Å². The van der Waals surface area contributed by atoms with Crippen molar-refractivity contribution in [2.45, 2.75) is 25.1 Å². The Morgan fingerprint density at radius 2 is 1.90 bits per heavy atom. The van der Waals surface area contributed by atoms with Crippen LogP contribution in [0.15, 0.2) is 30.3 Å². The SMILES string of the molecule is O=C(NCCN1CCN(c2cccc(Cl)c2)CC1)c1cc(C(F)(F)F)nn1C1CC1. The van der Waals surface area contributed by atoms with Gasteiger partial charge in [-0.25, -0.2) is 0 Å². The number of amides is 1. The van der Waals surface area contributed by atoms with Crippen LogP contribution in [0, 0.1) is 0 Å². The van der Waals surface area contributed by atoms with Gasteiger partial charge in [0, 0.05) is 56.0 Å². The first-order valence-electron chi connectivity index (χ1n) is 9.99. The molecule has 0 atom stereocenters. The standard InChI is InChI=1S/C20H23ClF3N5O/c21-14-2-1-3-16(12-14)28-10-8-27(9-11-28)7-6-25-19(30)17-13-18(20(22,23)24)26-29(17)15-4-5-15/h1-3,12-13,15H,4-11H2,(H,25,30). The van der Waals surface area contributed by atoms with Crippen LogP contribution in [-0.4, -0.2) is 59.9 Å². The smallest absolute Gasteiger partial charge is 0.369 e. The summed E-state index contributed by atoms with van der Waals surface area (Å²) in [4.78, 5) is 17.0. The molecule has 1 saturated heterocycles. The van der Waals surface area contributed by atoms with E-state index in [0.717, 1.165) is 50.8 Å². The first kappa shape index (κ1) is 21.0. The maximum Gasteiger partial charge on any atom is 0.435 e. The molecule has 10 heteroatoms. The Bertz CT molecular complexity index is 904. The third-order valence-corrected chi connectivity index (χ3v) is 5.65. The lowest BCUT2D eigenvalue weighted by Gasteiger charge is -2.36. The normalized spacial score (nSPS) is 17.9. The highest BCUT2D eigenvalue weighted by molar-refractivity contribution is 6.30. The fourth-order valence-electron chi connectivity index (χ4n) is 3.62. The molecule has 0 bridgehead atoms. The van der Waals surface area contributed by atoms with Gasteiger partial charge in [-0.15, -0.1) is 0 Å². The van der Waals surface area contributed by atoms with E-state index in [0.29, 0.717) is 18.1 Å². The van der Waals surface area contributed by atoms with E-state index in [9.17, 15) is 18.0 Å². The van der Waals surface area contributed by atoms with Crippen LogP contribution < -0.4 is 10.2 Å². The van der Waals surface area contributed by atoms with Crippen LogP contribution in [0.1, 0.15) is 35.1 Å². The molecular weight excluding hydrogens is 419 g/mol. The predicted molar refractivity (Wildman–Crippen MR) is 108 cm³/mol. The lowest BCUT2D eigenvalue weighted by molar-refractivity contribution is -0.141. The molecule has 4 rings (SSSR count). The molecule has 1 saturated carbocycles. The summed E-state index contributed by atoms with van der Waals surface area (Å²) in [6.07, 6.45) is -3.07. The second kappa shape index (κ2) is 8.47. The van der Waals surface area contributed by atoms with Crippen molar-refractivity contribution in [2.75, 3.05) is 44.2 Å². The molecule has 1 aliphatic carbocycles. The van der Waals surface area contributed by atoms with Crippen molar-refractivity contribution in [1.82, 2.24) is 20.0 Å². The van der Waals surface area contributed by atoms with Gasteiger partial charge < -0.3 is 10.2 Å². The molecule has 6 nitrogen and oxygen atoms in total. The molecule has 0 radical (unpaired) electrons. The van der Waals surface area contributed by atoms with Gasteiger partial charge in [0.05, 0.1) is 6.04 Å². The van der Waals surface area contributed by atoms with Crippen molar-refractivity contribution in [2.24, 2.45) is 0 Å². The van der Waals surface area contributed by atoms with Gasteiger partial charge >= 0.3 is 6.18 Å². The van der Waals surface area contributed by atoms with E-state index in [1.54, 1.807) is 0 Å². The lowest BCUT2D eigenvalue weighted by Crippen LogP contribution is -2.48. The number of nitrogens with one attached hydrogen (secondary N) is 1. The Balaban J connectivity index is 1.27. The monoisotopic (exact) mass is 441 g/mol. The number of hydrogen-bond acceptors (Lipinski definition) is 4. The number of carbonyl (C=O) groups is 1. The van der Waals surface area contributed by atoms with E-state index in [1.807, 2.05) is 24.3 Å². The number of nitrogens with zero attached hydrogens (tertiary/aromatic N) is 4. The Labute approximate surface area is 177 Å². The number of aromatic nitrogens is 2. The molecule has 1 aliphatic heterocycles. The number of carbonyl (C=O) groups excluding carboxylic acids is 1. The van der Waals surface area contributed by atoms with Crippen molar-refractivity contribution in [3.05, 3.63) is 46.7 Å². The van der Waals surface area contributed by atoms with Gasteiger partial charge in [-0.05, 0) is 31.0 Å². The molecule has 30 heavy (non-hydrogen) atoms. The Kier molecular flexibility index (Phi) is 5.92. The number of rotatable bonds is 6. The summed E-state index contributed by atoms with van der Waals surface area (Å²) in [7, 11) is 0. The highest BCUT2D eigenvalue weighted by Crippen LogP contribution is 2.37. The molecule has 2 aliphatic rings. The number of hydrogen-bond donors (Lipinski definition) is 1. The van der Waals surface area contributed by atoms with Gasteiger partial charge in [-0.3, -0.25) is 14.4 Å². The third-order valence-electron chi connectivity index (χ3n) is 5.41. The van der Waals surface area contributed by atoms with Crippen LogP contribution in [0.4, 0.5) is 18.9 Å². The van der Waals surface area contributed by atoms with Crippen molar-refractivity contribution >= 4 is 23.2 Å². The molecule has 2 fully saturated rings. The average Bonchev–Trinajstić information content (AvgIpc) is 3.45. The van der Waals surface area contributed by atoms with Gasteiger partial charge in [0.2, 0.25) is 0 Å². The highest BCUT2D eigenvalue weighted by atomic mass is 35.5. The van der Waals surface area contributed by atoms with Crippen LogP contribution in [0.3, 0.4) is 0 Å². The molecular formula is C20H23ClF3N5O. The van der Waals surface area contributed by atoms with Crippen molar-refractivity contribution in [1.29, 1.82) is 0 Å². The summed E-state index contributed by atoms with van der Waals surface area (Å²) < 4.78 is 40.1. The number of anilines is 1. The summed E-state index contributed by atoms with van der Waals surface area (Å²) in [6.45, 7) is 4.36. The van der Waals surface area contributed by atoms with Crippen LogP contribution in [-0.2, 0) is 6.18 Å². The van der Waals surface area contributed by atoms with E-state index in [2.05, 4.69) is 20.2 Å². The quantitative estimate of drug-likeness (QED) is 0.746. The summed E-state index contributed by atoms with van der Waals surface area (Å²) in [6, 6.07) is 8.47. The van der Waals surface area contributed by atoms with Crippen molar-refractivity contribution in [3.63, 3.8) is 0 Å². The van der Waals surface area contributed by atoms with E-state index >= 15 is 0 Å². The van der Waals surface area contributed by atoms with Crippen molar-refractivity contribution < 1.29 is 18.0 Å². The molecule has 1 aromatic heterocycles. The maximum atomic E-state index is 13.0. The number of halogens is 4. The zero-order valence-corrected chi connectivity index (χ0v) is 17.1. The summed E-state index contributed by atoms with van der Waals surface area (Å²) >= 11 is 6.06. The first-order chi connectivity index (χ1) is 14.3. The third kappa shape index (κ3) is 4.89. The minimum Gasteiger partial charge on any atom is -0.369 e. The maximum absolute atomic E-state index is 13.0. The fraction of sp³-hybridized carbons (Fsp3) is 0.500. The largest absolute Gasteiger partial charge is 0.435 e. The highest BCUT2D eigenvalue weighted by Gasteiger charge is 2.38. The number of piperazine rings is 1. The molecule has 0 spiro atoms. The fourth-order valence-corrected chi connectivity index (χ4v) is 3.81. The van der Waals surface area contributed by atoms with Crippen LogP contribution >= 0.6 is 11.6 Å². The van der Waals surface area contributed by atoms with Gasteiger partial charge in [-0.2, -0.15) is 18.3 Å². The van der Waals surface area contributed by atoms with Gasteiger partial charge in [0.15, 0.2) is 5.69 Å². The number of alkyl halides is 3. The molecule has 0 unspecified atom stereocenters. The Hall–Kier alpha value is -2.26. The predicted octanol–water partition coefficient (Wildman–Crippen LogP) is 3.44. The van der Waals surface area contributed by atoms with Crippen LogP contribution in [0.2, 0.25) is 5.02 Å². The van der Waals surface area contributed by atoms with Crippen LogP contribution in [0.25, 0.3) is 0 Å². The van der Waals surface area contributed by atoms with E-state index in [1.165, 1.54) is 4.68 Å². The minimum atomic E-state index is -4.56. The second-order valence-electron chi connectivity index (χ2n) is 7.65. The summed E-state index contributed by atoms with van der Waals surface area (Å²) in [5.74, 6) is -0.512. The summed E-state index contributed by atoms with van der Waals surface area (Å²) in [5.41, 5.74) is 0.0524. The lowest BCUT2D eigenvalue weighted by atomic mass is 10.2. The first-order valence-corrected chi connectivity index (χ1v) is 10.4. The number of benzene rings is 1. The second-order valence-corrected chi connectivity index (χ2v) is 8.09. The van der Waals surface area contributed by atoms with E-state index in [-0.39, 0.29) is 11.7 Å².